The molecular weight excluding hydrogens is 186 g/mol. The number of rotatable bonds is 2. The first-order valence-corrected chi connectivity index (χ1v) is 4.44. The molecule has 2 rings (SSSR count). The molecule has 0 aliphatic carbocycles. The van der Waals surface area contributed by atoms with Crippen LogP contribution in [0.15, 0.2) is 24.1 Å². The van der Waals surface area contributed by atoms with Crippen LogP contribution < -0.4 is 0 Å². The number of aldehydes is 1. The van der Waals surface area contributed by atoms with Gasteiger partial charge in [0.2, 0.25) is 0 Å². The lowest BCUT2D eigenvalue weighted by Crippen LogP contribution is -1.88. The monoisotopic (exact) mass is 191 g/mol. The Morgan fingerprint density at radius 2 is 2.00 bits per heavy atom. The van der Waals surface area contributed by atoms with Crippen LogP contribution in [-0.4, -0.2) is 21.2 Å². The van der Waals surface area contributed by atoms with E-state index in [-0.39, 0.29) is 0 Å². The third-order valence-electron chi connectivity index (χ3n) is 1.46. The van der Waals surface area contributed by atoms with Crippen LogP contribution in [0.1, 0.15) is 10.4 Å². The fourth-order valence-corrected chi connectivity index (χ4v) is 1.42. The van der Waals surface area contributed by atoms with Crippen LogP contribution in [0.5, 0.6) is 0 Å². The smallest absolute Gasteiger partial charge is 0.171 e. The highest BCUT2D eigenvalue weighted by Gasteiger charge is 2.01. The molecule has 4 nitrogen and oxygen atoms in total. The molecule has 0 spiro atoms. The Hall–Kier alpha value is -1.62. The van der Waals surface area contributed by atoms with E-state index in [2.05, 4.69) is 15.0 Å². The fourth-order valence-electron chi connectivity index (χ4n) is 0.852. The molecule has 2 aromatic heterocycles. The second kappa shape index (κ2) is 3.40. The average molecular weight is 191 g/mol. The molecule has 64 valence electrons. The number of carbonyl (C=O) groups excluding carboxylic acids is 1. The van der Waals surface area contributed by atoms with Gasteiger partial charge in [-0.2, -0.15) is 0 Å². The fraction of sp³-hybridized carbons (Fsp3) is 0. The first kappa shape index (κ1) is 8.00. The predicted molar refractivity (Wildman–Crippen MR) is 48.5 cm³/mol. The lowest BCUT2D eigenvalue weighted by atomic mass is 10.4. The Bertz CT molecular complexity index is 396. The Labute approximate surface area is 78.3 Å². The van der Waals surface area contributed by atoms with Crippen molar-refractivity contribution in [2.75, 3.05) is 0 Å². The van der Waals surface area contributed by atoms with Gasteiger partial charge in [0, 0.05) is 18.6 Å². The van der Waals surface area contributed by atoms with Crippen LogP contribution in [0.3, 0.4) is 0 Å². The Kier molecular flexibility index (Phi) is 2.09. The molecule has 2 aromatic rings. The van der Waals surface area contributed by atoms with Crippen molar-refractivity contribution in [3.8, 4) is 10.7 Å². The molecule has 0 saturated heterocycles. The first-order valence-electron chi connectivity index (χ1n) is 3.56. The van der Waals surface area contributed by atoms with Crippen molar-refractivity contribution >= 4 is 17.6 Å². The van der Waals surface area contributed by atoms with E-state index in [0.29, 0.717) is 11.4 Å². The largest absolute Gasteiger partial charge is 0.298 e. The zero-order valence-electron chi connectivity index (χ0n) is 6.54. The number of nitrogens with zero attached hydrogens (tertiary/aromatic N) is 3. The van der Waals surface area contributed by atoms with E-state index in [1.807, 2.05) is 0 Å². The van der Waals surface area contributed by atoms with Crippen LogP contribution in [0.25, 0.3) is 10.7 Å². The van der Waals surface area contributed by atoms with Crippen LogP contribution in [0.4, 0.5) is 0 Å². The molecule has 0 aliphatic heterocycles. The molecule has 0 unspecified atom stereocenters. The van der Waals surface area contributed by atoms with Gasteiger partial charge in [-0.3, -0.25) is 9.78 Å². The van der Waals surface area contributed by atoms with Gasteiger partial charge in [-0.25, -0.2) is 9.97 Å². The number of thiazole rings is 1. The normalized spacial score (nSPS) is 9.85. The van der Waals surface area contributed by atoms with Crippen molar-refractivity contribution in [3.05, 3.63) is 29.7 Å². The summed E-state index contributed by atoms with van der Waals surface area (Å²) in [5.41, 5.74) is 2.19. The summed E-state index contributed by atoms with van der Waals surface area (Å²) >= 11 is 1.47. The standard InChI is InChI=1S/C8H5N3OS/c12-4-6-1-10-8(11-2-6)7-3-9-5-13-7/h1-5H. The third kappa shape index (κ3) is 1.59. The summed E-state index contributed by atoms with van der Waals surface area (Å²) < 4.78 is 0. The zero-order chi connectivity index (χ0) is 9.10. The Morgan fingerprint density at radius 3 is 2.54 bits per heavy atom. The van der Waals surface area contributed by atoms with Gasteiger partial charge in [-0.05, 0) is 0 Å². The van der Waals surface area contributed by atoms with Gasteiger partial charge in [0.05, 0.1) is 16.0 Å². The highest BCUT2D eigenvalue weighted by molar-refractivity contribution is 7.13. The highest BCUT2D eigenvalue weighted by atomic mass is 32.1. The molecule has 2 heterocycles. The lowest BCUT2D eigenvalue weighted by molar-refractivity contribution is 0.112. The zero-order valence-corrected chi connectivity index (χ0v) is 7.36. The summed E-state index contributed by atoms with van der Waals surface area (Å²) in [6.45, 7) is 0. The van der Waals surface area contributed by atoms with Crippen molar-refractivity contribution in [2.24, 2.45) is 0 Å². The molecule has 0 N–H and O–H groups in total. The minimum atomic E-state index is 0.480. The summed E-state index contributed by atoms with van der Waals surface area (Å²) in [7, 11) is 0. The maximum absolute atomic E-state index is 10.3. The second-order valence-corrected chi connectivity index (χ2v) is 3.21. The average Bonchev–Trinajstić information content (AvgIpc) is 2.71. The second-order valence-electron chi connectivity index (χ2n) is 2.32. The van der Waals surface area contributed by atoms with Gasteiger partial charge in [-0.1, -0.05) is 0 Å². The van der Waals surface area contributed by atoms with Crippen molar-refractivity contribution in [1.29, 1.82) is 0 Å². The van der Waals surface area contributed by atoms with Crippen LogP contribution in [-0.2, 0) is 0 Å². The predicted octanol–water partition coefficient (Wildman–Crippen LogP) is 1.41. The van der Waals surface area contributed by atoms with Crippen LogP contribution in [0, 0.1) is 0 Å². The SMILES string of the molecule is O=Cc1cnc(-c2cncs2)nc1. The number of hydrogen-bond acceptors (Lipinski definition) is 5. The molecular formula is C8H5N3OS. The van der Waals surface area contributed by atoms with E-state index < -0.39 is 0 Å². The number of carbonyl (C=O) groups is 1. The summed E-state index contributed by atoms with van der Waals surface area (Å²) in [6.07, 6.45) is 5.40. The number of aromatic nitrogens is 3. The topological polar surface area (TPSA) is 55.7 Å². The third-order valence-corrected chi connectivity index (χ3v) is 2.23. The molecule has 0 radical (unpaired) electrons. The molecule has 5 heteroatoms. The van der Waals surface area contributed by atoms with Gasteiger partial charge in [0.25, 0.3) is 0 Å². The van der Waals surface area contributed by atoms with Crippen molar-refractivity contribution in [1.82, 2.24) is 15.0 Å². The van der Waals surface area contributed by atoms with E-state index in [0.717, 1.165) is 11.2 Å². The van der Waals surface area contributed by atoms with Crippen molar-refractivity contribution < 1.29 is 4.79 Å². The molecule has 0 aromatic carbocycles. The lowest BCUT2D eigenvalue weighted by Gasteiger charge is -1.93. The van der Waals surface area contributed by atoms with Crippen molar-refractivity contribution in [3.63, 3.8) is 0 Å². The van der Waals surface area contributed by atoms with E-state index in [1.165, 1.54) is 23.7 Å². The quantitative estimate of drug-likeness (QED) is 0.673. The molecule has 0 aliphatic rings. The van der Waals surface area contributed by atoms with Gasteiger partial charge in [0.15, 0.2) is 12.1 Å². The summed E-state index contributed by atoms with van der Waals surface area (Å²) in [4.78, 5) is 23.2. The molecule has 0 saturated carbocycles. The Balaban J connectivity index is 2.38. The van der Waals surface area contributed by atoms with Gasteiger partial charge in [0.1, 0.15) is 0 Å². The van der Waals surface area contributed by atoms with E-state index in [9.17, 15) is 4.79 Å². The van der Waals surface area contributed by atoms with Gasteiger partial charge in [-0.15, -0.1) is 11.3 Å². The molecule has 0 atom stereocenters. The molecule has 0 fully saturated rings. The molecule has 0 amide bonds. The van der Waals surface area contributed by atoms with Crippen molar-refractivity contribution in [2.45, 2.75) is 0 Å². The van der Waals surface area contributed by atoms with E-state index in [1.54, 1.807) is 11.7 Å². The molecule has 0 bridgehead atoms. The molecule has 13 heavy (non-hydrogen) atoms. The van der Waals surface area contributed by atoms with Crippen LogP contribution >= 0.6 is 11.3 Å². The minimum Gasteiger partial charge on any atom is -0.298 e. The van der Waals surface area contributed by atoms with Gasteiger partial charge < -0.3 is 0 Å². The van der Waals surface area contributed by atoms with E-state index in [4.69, 9.17) is 0 Å². The maximum Gasteiger partial charge on any atom is 0.171 e. The summed E-state index contributed by atoms with van der Waals surface area (Å²) in [6, 6.07) is 0. The van der Waals surface area contributed by atoms with E-state index >= 15 is 0 Å². The van der Waals surface area contributed by atoms with Gasteiger partial charge >= 0.3 is 0 Å². The summed E-state index contributed by atoms with van der Waals surface area (Å²) in [5, 5.41) is 0. The number of hydrogen-bond donors (Lipinski definition) is 0. The minimum absolute atomic E-state index is 0.480. The van der Waals surface area contributed by atoms with Crippen LogP contribution in [0.2, 0.25) is 0 Å². The Morgan fingerprint density at radius 1 is 1.23 bits per heavy atom. The first-order chi connectivity index (χ1) is 6.40. The maximum atomic E-state index is 10.3. The highest BCUT2D eigenvalue weighted by Crippen LogP contribution is 2.17. The summed E-state index contributed by atoms with van der Waals surface area (Å²) in [5.74, 6) is 0.605.